The van der Waals surface area contributed by atoms with Gasteiger partial charge in [0, 0.05) is 6.54 Å². The van der Waals surface area contributed by atoms with Crippen molar-refractivity contribution in [1.29, 1.82) is 0 Å². The van der Waals surface area contributed by atoms with Crippen molar-refractivity contribution in [2.45, 2.75) is 19.3 Å². The molecule has 0 aliphatic rings. The highest BCUT2D eigenvalue weighted by Crippen LogP contribution is 2.40. The molecule has 0 heterocycles. The largest absolute Gasteiger partial charge is 0.465 e. The summed E-state index contributed by atoms with van der Waals surface area (Å²) in [6.07, 6.45) is -10.7. The first kappa shape index (κ1) is 19.3. The molecule has 0 atom stereocenters. The Kier molecular flexibility index (Phi) is 6.71. The molecule has 1 amide bonds. The molecular formula is C11H13F6NO3. The van der Waals surface area contributed by atoms with E-state index in [1.807, 2.05) is 0 Å². The maximum atomic E-state index is 12.4. The van der Waals surface area contributed by atoms with Gasteiger partial charge in [-0.25, -0.2) is 0 Å². The fourth-order valence-corrected chi connectivity index (χ4v) is 1.40. The molecule has 0 unspecified atom stereocenters. The average Bonchev–Trinajstić information content (AvgIpc) is 2.24. The molecule has 0 aromatic heterocycles. The highest BCUT2D eigenvalue weighted by Gasteiger charge is 2.62. The van der Waals surface area contributed by atoms with Gasteiger partial charge < -0.3 is 9.64 Å². The summed E-state index contributed by atoms with van der Waals surface area (Å²) in [5, 5.41) is 0. The summed E-state index contributed by atoms with van der Waals surface area (Å²) < 4.78 is 79.0. The monoisotopic (exact) mass is 321 g/mol. The number of amides is 1. The van der Waals surface area contributed by atoms with Gasteiger partial charge in [0.2, 0.25) is 11.8 Å². The summed E-state index contributed by atoms with van der Waals surface area (Å²) in [4.78, 5) is 22.7. The number of ether oxygens (including phenoxy) is 1. The lowest BCUT2D eigenvalue weighted by Crippen LogP contribution is -2.51. The lowest BCUT2D eigenvalue weighted by molar-refractivity contribution is -0.277. The van der Waals surface area contributed by atoms with Gasteiger partial charge in [0.05, 0.1) is 6.61 Å². The minimum atomic E-state index is -5.82. The summed E-state index contributed by atoms with van der Waals surface area (Å²) in [7, 11) is 0. The van der Waals surface area contributed by atoms with Crippen molar-refractivity contribution in [3.05, 3.63) is 12.7 Å². The van der Waals surface area contributed by atoms with E-state index in [-0.39, 0.29) is 11.5 Å². The standard InChI is InChI=1S/C11H13F6NO3/c1-3-5-18(6-7(19)21-4-2)9(20)8(10(12,13)14)11(15,16)17/h3,8H,1,4-6H2,2H3. The maximum Gasteiger partial charge on any atom is 0.409 e. The van der Waals surface area contributed by atoms with Gasteiger partial charge in [-0.15, -0.1) is 6.58 Å². The minimum Gasteiger partial charge on any atom is -0.465 e. The molecular weight excluding hydrogens is 308 g/mol. The predicted molar refractivity (Wildman–Crippen MR) is 59.0 cm³/mol. The molecule has 0 bridgehead atoms. The maximum absolute atomic E-state index is 12.4. The zero-order valence-corrected chi connectivity index (χ0v) is 10.9. The zero-order chi connectivity index (χ0) is 16.8. The lowest BCUT2D eigenvalue weighted by atomic mass is 10.1. The van der Waals surface area contributed by atoms with E-state index in [4.69, 9.17) is 0 Å². The van der Waals surface area contributed by atoms with Crippen LogP contribution in [0.15, 0.2) is 12.7 Å². The molecule has 0 aromatic carbocycles. The van der Waals surface area contributed by atoms with Crippen LogP contribution in [0.3, 0.4) is 0 Å². The van der Waals surface area contributed by atoms with Crippen LogP contribution in [-0.4, -0.2) is 48.8 Å². The van der Waals surface area contributed by atoms with Crippen molar-refractivity contribution in [2.75, 3.05) is 19.7 Å². The smallest absolute Gasteiger partial charge is 0.409 e. The van der Waals surface area contributed by atoms with Crippen molar-refractivity contribution >= 4 is 11.9 Å². The van der Waals surface area contributed by atoms with E-state index in [0.29, 0.717) is 0 Å². The van der Waals surface area contributed by atoms with E-state index < -0.39 is 43.2 Å². The number of esters is 1. The molecule has 0 radical (unpaired) electrons. The van der Waals surface area contributed by atoms with Gasteiger partial charge in [0.1, 0.15) is 6.54 Å². The third-order valence-corrected chi connectivity index (χ3v) is 2.19. The van der Waals surface area contributed by atoms with Crippen molar-refractivity contribution < 1.29 is 40.7 Å². The van der Waals surface area contributed by atoms with Crippen LogP contribution in [0.25, 0.3) is 0 Å². The van der Waals surface area contributed by atoms with Crippen LogP contribution in [0.4, 0.5) is 26.3 Å². The SMILES string of the molecule is C=CCN(CC(=O)OCC)C(=O)C(C(F)(F)F)C(F)(F)F. The van der Waals surface area contributed by atoms with Gasteiger partial charge in [-0.05, 0) is 6.92 Å². The van der Waals surface area contributed by atoms with Gasteiger partial charge in [-0.1, -0.05) is 6.08 Å². The summed E-state index contributed by atoms with van der Waals surface area (Å²) in [6, 6.07) is 0. The molecule has 0 aliphatic heterocycles. The van der Waals surface area contributed by atoms with E-state index in [9.17, 15) is 35.9 Å². The second-order valence-corrected chi connectivity index (χ2v) is 3.83. The fourth-order valence-electron chi connectivity index (χ4n) is 1.40. The molecule has 21 heavy (non-hydrogen) atoms. The Hall–Kier alpha value is -1.74. The highest BCUT2D eigenvalue weighted by molar-refractivity contribution is 5.85. The van der Waals surface area contributed by atoms with Crippen molar-refractivity contribution in [2.24, 2.45) is 5.92 Å². The molecule has 0 rings (SSSR count). The summed E-state index contributed by atoms with van der Waals surface area (Å²) >= 11 is 0. The molecule has 0 saturated heterocycles. The number of alkyl halides is 6. The number of carbonyl (C=O) groups excluding carboxylic acids is 2. The molecule has 0 N–H and O–H groups in total. The topological polar surface area (TPSA) is 46.6 Å². The molecule has 0 fully saturated rings. The summed E-state index contributed by atoms with van der Waals surface area (Å²) in [5.41, 5.74) is 0. The first-order valence-corrected chi connectivity index (χ1v) is 5.63. The van der Waals surface area contributed by atoms with Crippen molar-refractivity contribution in [3.8, 4) is 0 Å². The van der Waals surface area contributed by atoms with E-state index in [2.05, 4.69) is 11.3 Å². The van der Waals surface area contributed by atoms with Crippen LogP contribution in [-0.2, 0) is 14.3 Å². The number of nitrogens with zero attached hydrogens (tertiary/aromatic N) is 1. The Balaban J connectivity index is 5.33. The zero-order valence-electron chi connectivity index (χ0n) is 10.9. The number of halogens is 6. The van der Waals surface area contributed by atoms with E-state index in [1.54, 1.807) is 0 Å². The predicted octanol–water partition coefficient (Wildman–Crippen LogP) is 2.30. The van der Waals surface area contributed by atoms with Crippen molar-refractivity contribution in [1.82, 2.24) is 4.90 Å². The molecule has 4 nitrogen and oxygen atoms in total. The number of carbonyl (C=O) groups is 2. The molecule has 122 valence electrons. The van der Waals surface area contributed by atoms with E-state index in [1.165, 1.54) is 6.92 Å². The minimum absolute atomic E-state index is 0.0939. The van der Waals surface area contributed by atoms with Crippen LogP contribution < -0.4 is 0 Å². The Labute approximate surface area is 116 Å². The normalized spacial score (nSPS) is 12.2. The molecule has 0 aromatic rings. The Morgan fingerprint density at radius 2 is 1.67 bits per heavy atom. The second-order valence-electron chi connectivity index (χ2n) is 3.83. The van der Waals surface area contributed by atoms with Crippen LogP contribution in [0.5, 0.6) is 0 Å². The van der Waals surface area contributed by atoms with E-state index >= 15 is 0 Å². The van der Waals surface area contributed by atoms with Gasteiger partial charge in [0.15, 0.2) is 0 Å². The van der Waals surface area contributed by atoms with Crippen LogP contribution in [0, 0.1) is 5.92 Å². The first-order chi connectivity index (χ1) is 9.45. The number of hydrogen-bond donors (Lipinski definition) is 0. The quantitative estimate of drug-likeness (QED) is 0.428. The van der Waals surface area contributed by atoms with Gasteiger partial charge in [0.25, 0.3) is 0 Å². The Bertz CT molecular complexity index is 376. The Morgan fingerprint density at radius 3 is 2.00 bits per heavy atom. The Morgan fingerprint density at radius 1 is 1.19 bits per heavy atom. The second kappa shape index (κ2) is 7.32. The van der Waals surface area contributed by atoms with Gasteiger partial charge in [-0.3, -0.25) is 9.59 Å². The van der Waals surface area contributed by atoms with Crippen LogP contribution in [0.1, 0.15) is 6.92 Å². The molecule has 0 aliphatic carbocycles. The fraction of sp³-hybridized carbons (Fsp3) is 0.636. The average molecular weight is 321 g/mol. The molecule has 10 heteroatoms. The van der Waals surface area contributed by atoms with Crippen molar-refractivity contribution in [3.63, 3.8) is 0 Å². The number of rotatable bonds is 6. The third kappa shape index (κ3) is 6.05. The number of hydrogen-bond acceptors (Lipinski definition) is 3. The highest BCUT2D eigenvalue weighted by atomic mass is 19.4. The van der Waals surface area contributed by atoms with Crippen LogP contribution >= 0.6 is 0 Å². The van der Waals surface area contributed by atoms with Gasteiger partial charge in [-0.2, -0.15) is 26.3 Å². The summed E-state index contributed by atoms with van der Waals surface area (Å²) in [5.74, 6) is -7.59. The van der Waals surface area contributed by atoms with Gasteiger partial charge >= 0.3 is 18.3 Å². The van der Waals surface area contributed by atoms with Crippen LogP contribution in [0.2, 0.25) is 0 Å². The first-order valence-electron chi connectivity index (χ1n) is 5.63. The summed E-state index contributed by atoms with van der Waals surface area (Å²) in [6.45, 7) is 2.70. The molecule has 0 saturated carbocycles. The van der Waals surface area contributed by atoms with E-state index in [0.717, 1.165) is 6.08 Å². The third-order valence-electron chi connectivity index (χ3n) is 2.19. The lowest BCUT2D eigenvalue weighted by Gasteiger charge is -2.28. The molecule has 0 spiro atoms.